The summed E-state index contributed by atoms with van der Waals surface area (Å²) < 4.78 is 1.63. The van der Waals surface area contributed by atoms with E-state index >= 15 is 0 Å². The van der Waals surface area contributed by atoms with Gasteiger partial charge >= 0.3 is 0 Å². The second-order valence-electron chi connectivity index (χ2n) is 7.18. The minimum absolute atomic E-state index is 0.0327. The number of amides is 1. The summed E-state index contributed by atoms with van der Waals surface area (Å²) in [7, 11) is 0. The summed E-state index contributed by atoms with van der Waals surface area (Å²) in [5, 5.41) is 26.7. The van der Waals surface area contributed by atoms with E-state index in [0.29, 0.717) is 28.5 Å². The van der Waals surface area contributed by atoms with Crippen molar-refractivity contribution >= 4 is 34.5 Å². The summed E-state index contributed by atoms with van der Waals surface area (Å²) >= 11 is 5.81. The van der Waals surface area contributed by atoms with Crippen LogP contribution in [0.2, 0.25) is 5.02 Å². The summed E-state index contributed by atoms with van der Waals surface area (Å²) in [4.78, 5) is 27.3. The van der Waals surface area contributed by atoms with Crippen LogP contribution in [-0.4, -0.2) is 35.6 Å². The van der Waals surface area contributed by atoms with Gasteiger partial charge in [-0.2, -0.15) is 9.61 Å². The Balaban J connectivity index is 1.39. The molecule has 2 aromatic carbocycles. The highest BCUT2D eigenvalue weighted by molar-refractivity contribution is 6.32. The summed E-state index contributed by atoms with van der Waals surface area (Å²) in [6.45, 7) is 0. The normalized spacial score (nSPS) is 10.9. The molecule has 10 nitrogen and oxygen atoms in total. The second-order valence-corrected chi connectivity index (χ2v) is 7.59. The van der Waals surface area contributed by atoms with Crippen LogP contribution in [-0.2, 0) is 0 Å². The fourth-order valence-corrected chi connectivity index (χ4v) is 3.51. The molecule has 0 spiro atoms. The molecule has 0 atom stereocenters. The van der Waals surface area contributed by atoms with Gasteiger partial charge in [0.05, 0.1) is 10.6 Å². The Morgan fingerprint density at radius 2 is 1.79 bits per heavy atom. The summed E-state index contributed by atoms with van der Waals surface area (Å²) in [6.07, 6.45) is 1.68. The molecule has 0 unspecified atom stereocenters. The van der Waals surface area contributed by atoms with Crippen LogP contribution in [0.25, 0.3) is 28.4 Å². The van der Waals surface area contributed by atoms with Crippen LogP contribution in [0.3, 0.4) is 0 Å². The molecule has 0 aliphatic rings. The van der Waals surface area contributed by atoms with Crippen molar-refractivity contribution in [3.05, 3.63) is 99.7 Å². The number of nitro benzene ring substituents is 1. The zero-order valence-electron chi connectivity index (χ0n) is 17.3. The summed E-state index contributed by atoms with van der Waals surface area (Å²) in [6, 6.07) is 20.1. The zero-order chi connectivity index (χ0) is 23.7. The van der Waals surface area contributed by atoms with E-state index in [9.17, 15) is 14.9 Å². The fraction of sp³-hybridized carbons (Fsp3) is 0. The Morgan fingerprint density at radius 1 is 0.971 bits per heavy atom. The SMILES string of the molecule is O=C(Nc1ccc(-c2ccc3nnc(-c4ccccn4)n3n2)cc1)c1ccc(Cl)c([N+](=O)[O-])c1. The number of hydrogen-bond acceptors (Lipinski definition) is 7. The number of hydrogen-bond donors (Lipinski definition) is 1. The van der Waals surface area contributed by atoms with Crippen molar-refractivity contribution in [3.8, 4) is 22.8 Å². The van der Waals surface area contributed by atoms with Crippen LogP contribution in [0.4, 0.5) is 11.4 Å². The Bertz CT molecular complexity index is 1540. The minimum atomic E-state index is -0.632. The van der Waals surface area contributed by atoms with Gasteiger partial charge in [-0.3, -0.25) is 19.9 Å². The van der Waals surface area contributed by atoms with Gasteiger partial charge in [0.15, 0.2) is 5.65 Å². The maximum atomic E-state index is 12.5. The standard InChI is InChI=1S/C23H14ClN7O3/c24-17-9-6-15(13-20(17)31(33)34)23(32)26-16-7-4-14(5-8-16)18-10-11-21-27-28-22(30(21)29-18)19-3-1-2-12-25-19/h1-13H,(H,26,32). The van der Waals surface area contributed by atoms with Crippen molar-refractivity contribution < 1.29 is 9.72 Å². The molecular weight excluding hydrogens is 458 g/mol. The molecule has 0 radical (unpaired) electrons. The van der Waals surface area contributed by atoms with Crippen molar-refractivity contribution in [2.45, 2.75) is 0 Å². The number of carbonyl (C=O) groups is 1. The van der Waals surface area contributed by atoms with Gasteiger partial charge in [-0.15, -0.1) is 10.2 Å². The van der Waals surface area contributed by atoms with E-state index in [0.717, 1.165) is 11.6 Å². The number of anilines is 1. The molecule has 0 fully saturated rings. The number of carbonyl (C=O) groups excluding carboxylic acids is 1. The zero-order valence-corrected chi connectivity index (χ0v) is 18.0. The maximum Gasteiger partial charge on any atom is 0.288 e. The lowest BCUT2D eigenvalue weighted by atomic mass is 10.1. The molecule has 0 bridgehead atoms. The lowest BCUT2D eigenvalue weighted by Gasteiger charge is -2.07. The number of nitro groups is 1. The molecule has 34 heavy (non-hydrogen) atoms. The van der Waals surface area contributed by atoms with E-state index in [1.807, 2.05) is 30.3 Å². The molecule has 5 rings (SSSR count). The summed E-state index contributed by atoms with van der Waals surface area (Å²) in [5.41, 5.74) is 3.04. The number of nitrogens with one attached hydrogen (secondary N) is 1. The molecule has 166 valence electrons. The maximum absolute atomic E-state index is 12.5. The molecule has 11 heteroatoms. The Kier molecular flexibility index (Phi) is 5.40. The van der Waals surface area contributed by atoms with Gasteiger partial charge in [-0.1, -0.05) is 29.8 Å². The van der Waals surface area contributed by atoms with Crippen LogP contribution in [0, 0.1) is 10.1 Å². The van der Waals surface area contributed by atoms with Crippen molar-refractivity contribution in [3.63, 3.8) is 0 Å². The predicted octanol–water partition coefficient (Wildman–Crippen LogP) is 4.67. The van der Waals surface area contributed by atoms with Crippen LogP contribution in [0.15, 0.2) is 79.0 Å². The Hall–Kier alpha value is -4.70. The third kappa shape index (κ3) is 4.05. The molecule has 0 saturated heterocycles. The molecule has 1 amide bonds. The van der Waals surface area contributed by atoms with Gasteiger partial charge in [-0.25, -0.2) is 0 Å². The van der Waals surface area contributed by atoms with Crippen LogP contribution in [0.5, 0.6) is 0 Å². The molecule has 3 heterocycles. The van der Waals surface area contributed by atoms with Crippen molar-refractivity contribution in [2.75, 3.05) is 5.32 Å². The van der Waals surface area contributed by atoms with E-state index in [4.69, 9.17) is 11.6 Å². The second kappa shape index (κ2) is 8.68. The first-order valence-corrected chi connectivity index (χ1v) is 10.4. The Morgan fingerprint density at radius 3 is 2.53 bits per heavy atom. The fourth-order valence-electron chi connectivity index (χ4n) is 3.32. The largest absolute Gasteiger partial charge is 0.322 e. The lowest BCUT2D eigenvalue weighted by molar-refractivity contribution is -0.384. The monoisotopic (exact) mass is 471 g/mol. The third-order valence-electron chi connectivity index (χ3n) is 5.00. The topological polar surface area (TPSA) is 128 Å². The number of halogens is 1. The number of fused-ring (bicyclic) bond motifs is 1. The van der Waals surface area contributed by atoms with Gasteiger partial charge in [0.25, 0.3) is 11.6 Å². The van der Waals surface area contributed by atoms with Crippen LogP contribution >= 0.6 is 11.6 Å². The smallest absolute Gasteiger partial charge is 0.288 e. The molecule has 3 aromatic heterocycles. The van der Waals surface area contributed by atoms with Crippen molar-refractivity contribution in [2.24, 2.45) is 0 Å². The highest BCUT2D eigenvalue weighted by Gasteiger charge is 2.17. The van der Waals surface area contributed by atoms with E-state index in [1.165, 1.54) is 12.1 Å². The molecule has 0 aliphatic heterocycles. The number of benzene rings is 2. The van der Waals surface area contributed by atoms with E-state index in [2.05, 4.69) is 25.6 Å². The summed E-state index contributed by atoms with van der Waals surface area (Å²) in [5.74, 6) is 0.0370. The molecule has 0 aliphatic carbocycles. The average Bonchev–Trinajstić information content (AvgIpc) is 3.28. The van der Waals surface area contributed by atoms with Crippen LogP contribution < -0.4 is 5.32 Å². The third-order valence-corrected chi connectivity index (χ3v) is 5.32. The highest BCUT2D eigenvalue weighted by atomic mass is 35.5. The first-order chi connectivity index (χ1) is 16.5. The van der Waals surface area contributed by atoms with E-state index < -0.39 is 10.8 Å². The predicted molar refractivity (Wildman–Crippen MR) is 126 cm³/mol. The van der Waals surface area contributed by atoms with Crippen molar-refractivity contribution in [1.82, 2.24) is 24.8 Å². The number of pyridine rings is 1. The lowest BCUT2D eigenvalue weighted by Crippen LogP contribution is -2.12. The van der Waals surface area contributed by atoms with E-state index in [-0.39, 0.29) is 16.3 Å². The van der Waals surface area contributed by atoms with Gasteiger partial charge < -0.3 is 5.32 Å². The van der Waals surface area contributed by atoms with Gasteiger partial charge in [0, 0.05) is 29.1 Å². The average molecular weight is 472 g/mol. The van der Waals surface area contributed by atoms with Gasteiger partial charge in [0.1, 0.15) is 10.7 Å². The first kappa shape index (κ1) is 21.2. The van der Waals surface area contributed by atoms with E-state index in [1.54, 1.807) is 35.0 Å². The van der Waals surface area contributed by atoms with Gasteiger partial charge in [0.2, 0.25) is 5.82 Å². The quantitative estimate of drug-likeness (QED) is 0.291. The number of nitrogens with zero attached hydrogens (tertiary/aromatic N) is 6. The highest BCUT2D eigenvalue weighted by Crippen LogP contribution is 2.26. The molecule has 5 aromatic rings. The van der Waals surface area contributed by atoms with Crippen molar-refractivity contribution in [1.29, 1.82) is 0 Å². The minimum Gasteiger partial charge on any atom is -0.322 e. The molecule has 0 saturated carbocycles. The molecular formula is C23H14ClN7O3. The number of rotatable bonds is 5. The first-order valence-electron chi connectivity index (χ1n) is 9.99. The van der Waals surface area contributed by atoms with Gasteiger partial charge in [-0.05, 0) is 48.5 Å². The Labute approximate surface area is 197 Å². The van der Waals surface area contributed by atoms with Crippen LogP contribution in [0.1, 0.15) is 10.4 Å². The molecule has 1 N–H and O–H groups in total. The number of aromatic nitrogens is 5.